The molecular weight excluding hydrogens is 606 g/mol. The topological polar surface area (TPSA) is 60.9 Å². The van der Waals surface area contributed by atoms with Crippen molar-refractivity contribution in [3.05, 3.63) is 107 Å². The molecule has 0 spiro atoms. The number of likely N-dealkylation sites (N-methyl/N-ethyl adjacent to an activating group) is 2. The van der Waals surface area contributed by atoms with Crippen molar-refractivity contribution in [2.75, 3.05) is 52.4 Å². The summed E-state index contributed by atoms with van der Waals surface area (Å²) >= 11 is 1.68. The lowest BCUT2D eigenvalue weighted by molar-refractivity contribution is -0.128. The number of nitrogens with zero attached hydrogens (tertiary/aromatic N) is 3. The SMILES string of the molecule is CSc1ccc(/C=C2/C(C)=C(CC(=O)N(C)CCN(C)S(=O)(=O)c3cccc4c(N(C)C)cccc34)c3cc(F)ccc32)cc1. The molecule has 0 fully saturated rings. The highest BCUT2D eigenvalue weighted by Crippen LogP contribution is 2.44. The lowest BCUT2D eigenvalue weighted by Gasteiger charge is -2.23. The molecule has 0 aromatic heterocycles. The van der Waals surface area contributed by atoms with E-state index in [4.69, 9.17) is 0 Å². The first-order chi connectivity index (χ1) is 21.4. The molecule has 4 aromatic carbocycles. The standard InChI is InChI=1S/C36H38FN3O3S2/c1-24-31(21-25-13-16-27(44-6)17-14-25)28-18-15-26(37)22-33(28)32(24)23-36(41)39(4)19-20-40(5)45(42,43)35-12-8-9-29-30(35)10-7-11-34(29)38(2)3/h7-18,21-22H,19-20,23H2,1-6H3/b31-21-. The molecular formula is C36H38FN3O3S2. The average molecular weight is 644 g/mol. The summed E-state index contributed by atoms with van der Waals surface area (Å²) < 4.78 is 43.1. The van der Waals surface area contributed by atoms with Gasteiger partial charge in [-0.25, -0.2) is 12.8 Å². The van der Waals surface area contributed by atoms with E-state index < -0.39 is 10.0 Å². The molecule has 5 rings (SSSR count). The normalized spacial score (nSPS) is 14.0. The predicted molar refractivity (Wildman–Crippen MR) is 185 cm³/mol. The molecule has 0 saturated carbocycles. The first-order valence-corrected chi connectivity index (χ1v) is 17.3. The maximum atomic E-state index is 14.4. The van der Waals surface area contributed by atoms with Crippen molar-refractivity contribution in [2.45, 2.75) is 23.1 Å². The molecule has 45 heavy (non-hydrogen) atoms. The third-order valence-corrected chi connectivity index (χ3v) is 11.1. The minimum absolute atomic E-state index is 0.0780. The predicted octanol–water partition coefficient (Wildman–Crippen LogP) is 7.26. The Morgan fingerprint density at radius 1 is 0.867 bits per heavy atom. The van der Waals surface area contributed by atoms with E-state index in [1.165, 1.54) is 28.4 Å². The zero-order chi connectivity index (χ0) is 32.5. The average Bonchev–Trinajstić information content (AvgIpc) is 3.27. The molecule has 0 unspecified atom stereocenters. The Kier molecular flexibility index (Phi) is 9.53. The van der Waals surface area contributed by atoms with Crippen molar-refractivity contribution < 1.29 is 17.6 Å². The molecule has 0 heterocycles. The van der Waals surface area contributed by atoms with E-state index in [1.54, 1.807) is 41.9 Å². The fraction of sp³-hybridized carbons (Fsp3) is 0.250. The summed E-state index contributed by atoms with van der Waals surface area (Å²) in [4.78, 5) is 18.4. The summed E-state index contributed by atoms with van der Waals surface area (Å²) in [6, 6.07) is 23.9. The van der Waals surface area contributed by atoms with Crippen molar-refractivity contribution in [1.29, 1.82) is 0 Å². The van der Waals surface area contributed by atoms with Crippen molar-refractivity contribution in [3.63, 3.8) is 0 Å². The van der Waals surface area contributed by atoms with E-state index >= 15 is 0 Å². The first kappa shape index (κ1) is 32.5. The second kappa shape index (κ2) is 13.2. The minimum atomic E-state index is -3.83. The summed E-state index contributed by atoms with van der Waals surface area (Å²) in [6.07, 6.45) is 4.19. The van der Waals surface area contributed by atoms with Gasteiger partial charge in [0, 0.05) is 62.6 Å². The maximum absolute atomic E-state index is 14.4. The zero-order valence-electron chi connectivity index (χ0n) is 26.5. The molecule has 1 aliphatic rings. The van der Waals surface area contributed by atoms with Gasteiger partial charge in [-0.3, -0.25) is 4.79 Å². The fourth-order valence-electron chi connectivity index (χ4n) is 5.72. The number of anilines is 1. The lowest BCUT2D eigenvalue weighted by atomic mass is 10.0. The largest absolute Gasteiger partial charge is 0.377 e. The highest BCUT2D eigenvalue weighted by atomic mass is 32.2. The number of thioether (sulfide) groups is 1. The van der Waals surface area contributed by atoms with Crippen LogP contribution in [0, 0.1) is 5.82 Å². The third kappa shape index (κ3) is 6.57. The molecule has 1 aliphatic carbocycles. The molecule has 234 valence electrons. The van der Waals surface area contributed by atoms with Gasteiger partial charge < -0.3 is 9.80 Å². The van der Waals surface area contributed by atoms with Crippen molar-refractivity contribution in [1.82, 2.24) is 9.21 Å². The monoisotopic (exact) mass is 643 g/mol. The summed E-state index contributed by atoms with van der Waals surface area (Å²) in [5.41, 5.74) is 6.24. The molecule has 6 nitrogen and oxygen atoms in total. The van der Waals surface area contributed by atoms with Crippen LogP contribution in [0.4, 0.5) is 10.1 Å². The minimum Gasteiger partial charge on any atom is -0.377 e. The van der Waals surface area contributed by atoms with E-state index in [-0.39, 0.29) is 36.1 Å². The number of halogens is 1. The fourth-order valence-corrected chi connectivity index (χ4v) is 7.49. The van der Waals surface area contributed by atoms with Gasteiger partial charge in [-0.05, 0) is 89.1 Å². The van der Waals surface area contributed by atoms with E-state index in [0.29, 0.717) is 10.9 Å². The van der Waals surface area contributed by atoms with Gasteiger partial charge in [-0.1, -0.05) is 42.5 Å². The van der Waals surface area contributed by atoms with Crippen LogP contribution in [-0.4, -0.2) is 71.1 Å². The van der Waals surface area contributed by atoms with E-state index in [0.717, 1.165) is 38.9 Å². The van der Waals surface area contributed by atoms with Crippen LogP contribution < -0.4 is 4.90 Å². The number of allylic oxidation sites excluding steroid dienone is 2. The van der Waals surface area contributed by atoms with Crippen LogP contribution in [0.25, 0.3) is 28.0 Å². The van der Waals surface area contributed by atoms with Gasteiger partial charge >= 0.3 is 0 Å². The number of sulfonamides is 1. The molecule has 4 aromatic rings. The number of fused-ring (bicyclic) bond motifs is 2. The molecule has 9 heteroatoms. The number of rotatable bonds is 10. The van der Waals surface area contributed by atoms with Gasteiger partial charge in [-0.2, -0.15) is 4.31 Å². The Labute approximate surface area is 269 Å². The van der Waals surface area contributed by atoms with Gasteiger partial charge in [0.1, 0.15) is 5.82 Å². The van der Waals surface area contributed by atoms with E-state index in [9.17, 15) is 17.6 Å². The molecule has 0 N–H and O–H groups in total. The second-order valence-corrected chi connectivity index (χ2v) is 14.4. The highest BCUT2D eigenvalue weighted by Gasteiger charge is 2.28. The zero-order valence-corrected chi connectivity index (χ0v) is 28.1. The number of hydrogen-bond acceptors (Lipinski definition) is 5. The van der Waals surface area contributed by atoms with Gasteiger partial charge in [0.25, 0.3) is 0 Å². The number of benzene rings is 4. The highest BCUT2D eigenvalue weighted by molar-refractivity contribution is 7.98. The lowest BCUT2D eigenvalue weighted by Crippen LogP contribution is -2.37. The van der Waals surface area contributed by atoms with Gasteiger partial charge in [0.05, 0.1) is 11.3 Å². The Morgan fingerprint density at radius 2 is 1.56 bits per heavy atom. The van der Waals surface area contributed by atoms with Crippen LogP contribution >= 0.6 is 11.8 Å². The first-order valence-electron chi connectivity index (χ1n) is 14.7. The second-order valence-electron chi connectivity index (χ2n) is 11.5. The van der Waals surface area contributed by atoms with Gasteiger partial charge in [-0.15, -0.1) is 11.8 Å². The van der Waals surface area contributed by atoms with Gasteiger partial charge in [0.2, 0.25) is 15.9 Å². The quantitative estimate of drug-likeness (QED) is 0.170. The van der Waals surface area contributed by atoms with Gasteiger partial charge in [0.15, 0.2) is 0 Å². The van der Waals surface area contributed by atoms with Crippen LogP contribution in [0.15, 0.2) is 94.2 Å². The van der Waals surface area contributed by atoms with Crippen molar-refractivity contribution in [3.8, 4) is 0 Å². The number of amides is 1. The summed E-state index contributed by atoms with van der Waals surface area (Å²) in [7, 11) is 3.23. The van der Waals surface area contributed by atoms with Crippen LogP contribution in [0.5, 0.6) is 0 Å². The smallest absolute Gasteiger partial charge is 0.243 e. The Balaban J connectivity index is 1.33. The Bertz CT molecular complexity index is 1930. The van der Waals surface area contributed by atoms with Crippen LogP contribution in [0.2, 0.25) is 0 Å². The van der Waals surface area contributed by atoms with Crippen LogP contribution in [0.1, 0.15) is 30.0 Å². The molecule has 0 bridgehead atoms. The Morgan fingerprint density at radius 3 is 2.24 bits per heavy atom. The summed E-state index contributed by atoms with van der Waals surface area (Å²) in [6.45, 7) is 2.29. The molecule has 0 radical (unpaired) electrons. The molecule has 0 atom stereocenters. The molecule has 0 saturated heterocycles. The van der Waals surface area contributed by atoms with E-state index in [2.05, 4.69) is 30.3 Å². The third-order valence-electron chi connectivity index (χ3n) is 8.41. The summed E-state index contributed by atoms with van der Waals surface area (Å²) in [5.74, 6) is -0.528. The molecule has 1 amide bonds. The van der Waals surface area contributed by atoms with E-state index in [1.807, 2.05) is 56.4 Å². The number of hydrogen-bond donors (Lipinski definition) is 0. The summed E-state index contributed by atoms with van der Waals surface area (Å²) in [5, 5.41) is 1.50. The Hall–Kier alpha value is -3.92. The molecule has 0 aliphatic heterocycles. The van der Waals surface area contributed by atoms with Crippen LogP contribution in [0.3, 0.4) is 0 Å². The van der Waals surface area contributed by atoms with Crippen LogP contribution in [-0.2, 0) is 14.8 Å². The number of carbonyl (C=O) groups is 1. The maximum Gasteiger partial charge on any atom is 0.243 e. The van der Waals surface area contributed by atoms with Crippen molar-refractivity contribution in [2.24, 2.45) is 0 Å². The number of carbonyl (C=O) groups excluding carboxylic acids is 1. The van der Waals surface area contributed by atoms with Crippen molar-refractivity contribution >= 4 is 61.4 Å².